The maximum absolute atomic E-state index is 14.1. The van der Waals surface area contributed by atoms with Gasteiger partial charge in [-0.3, -0.25) is 4.79 Å². The van der Waals surface area contributed by atoms with Gasteiger partial charge in [-0.05, 0) is 73.4 Å². The lowest BCUT2D eigenvalue weighted by Crippen LogP contribution is -2.55. The molecule has 49 heavy (non-hydrogen) atoms. The van der Waals surface area contributed by atoms with Crippen LogP contribution in [0.15, 0.2) is 101 Å². The summed E-state index contributed by atoms with van der Waals surface area (Å²) in [5.41, 5.74) is 1.74. The van der Waals surface area contributed by atoms with E-state index in [4.69, 9.17) is 9.73 Å². The largest absolute Gasteiger partial charge is 0.497 e. The highest BCUT2D eigenvalue weighted by Gasteiger charge is 2.43. The summed E-state index contributed by atoms with van der Waals surface area (Å²) in [6.07, 6.45) is 5.21. The highest BCUT2D eigenvalue weighted by Crippen LogP contribution is 2.37. The first-order valence-corrected chi connectivity index (χ1v) is 18.0. The molecule has 256 valence electrons. The number of sulfonamides is 1. The number of rotatable bonds is 8. The fourth-order valence-corrected chi connectivity index (χ4v) is 8.83. The molecule has 0 saturated carbocycles. The Balaban J connectivity index is 1.02. The van der Waals surface area contributed by atoms with E-state index in [2.05, 4.69) is 0 Å². The van der Waals surface area contributed by atoms with Gasteiger partial charge in [0.05, 0.1) is 17.6 Å². The third-order valence-corrected chi connectivity index (χ3v) is 11.9. The van der Waals surface area contributed by atoms with Crippen LogP contribution in [0, 0.1) is 11.7 Å². The summed E-state index contributed by atoms with van der Waals surface area (Å²) in [5.74, 6) is -0.639. The van der Waals surface area contributed by atoms with E-state index in [0.29, 0.717) is 45.6 Å². The molecule has 3 aliphatic rings. The van der Waals surface area contributed by atoms with Crippen LogP contribution in [0.2, 0.25) is 0 Å². The van der Waals surface area contributed by atoms with Gasteiger partial charge in [-0.1, -0.05) is 36.4 Å². The van der Waals surface area contributed by atoms with E-state index in [0.717, 1.165) is 33.8 Å². The summed E-state index contributed by atoms with van der Waals surface area (Å²) in [4.78, 5) is 22.7. The smallest absolute Gasteiger partial charge is 0.243 e. The first-order chi connectivity index (χ1) is 23.6. The molecule has 12 heteroatoms. The average Bonchev–Trinajstić information content (AvgIpc) is 3.55. The maximum Gasteiger partial charge on any atom is 0.243 e. The number of amides is 1. The Bertz CT molecular complexity index is 2050. The molecule has 2 saturated heterocycles. The Morgan fingerprint density at radius 2 is 1.76 bits per heavy atom. The van der Waals surface area contributed by atoms with E-state index in [-0.39, 0.29) is 29.8 Å². The van der Waals surface area contributed by atoms with Crippen molar-refractivity contribution in [2.45, 2.75) is 35.7 Å². The molecule has 4 heterocycles. The van der Waals surface area contributed by atoms with Gasteiger partial charge >= 0.3 is 0 Å². The molecule has 7 rings (SSSR count). The molecule has 1 aromatic heterocycles. The summed E-state index contributed by atoms with van der Waals surface area (Å²) >= 11 is 0. The molecule has 1 amide bonds. The molecular formula is C37H40FN5O5S. The highest BCUT2D eigenvalue weighted by molar-refractivity contribution is 7.89. The second-order valence-electron chi connectivity index (χ2n) is 13.1. The van der Waals surface area contributed by atoms with Crippen molar-refractivity contribution in [1.82, 2.24) is 18.7 Å². The summed E-state index contributed by atoms with van der Waals surface area (Å²) in [5, 5.41) is 12.6. The molecule has 0 radical (unpaired) electrons. The summed E-state index contributed by atoms with van der Waals surface area (Å²) in [6.45, 7) is 1.90. The number of carbonyl (C=O) groups is 1. The zero-order valence-electron chi connectivity index (χ0n) is 27.4. The molecule has 2 atom stereocenters. The van der Waals surface area contributed by atoms with Crippen molar-refractivity contribution in [3.05, 3.63) is 113 Å². The van der Waals surface area contributed by atoms with Crippen LogP contribution in [-0.4, -0.2) is 90.2 Å². The molecule has 2 fully saturated rings. The Kier molecular flexibility index (Phi) is 9.03. The lowest BCUT2D eigenvalue weighted by atomic mass is 9.80. The number of halogens is 1. The molecule has 0 bridgehead atoms. The first kappa shape index (κ1) is 33.0. The molecule has 3 aliphatic heterocycles. The lowest BCUT2D eigenvalue weighted by molar-refractivity contribution is -0.142. The normalized spacial score (nSPS) is 21.0. The molecule has 3 aromatic carbocycles. The predicted octanol–water partition coefficient (Wildman–Crippen LogP) is 3.10. The number of piperidine rings is 2. The molecule has 0 aliphatic carbocycles. The molecule has 0 unspecified atom stereocenters. The van der Waals surface area contributed by atoms with Crippen molar-refractivity contribution in [1.29, 1.82) is 0 Å². The molecular weight excluding hydrogens is 646 g/mol. The maximum atomic E-state index is 14.1. The Morgan fingerprint density at radius 1 is 1.00 bits per heavy atom. The van der Waals surface area contributed by atoms with Crippen molar-refractivity contribution in [2.24, 2.45) is 10.9 Å². The van der Waals surface area contributed by atoms with Gasteiger partial charge in [0.25, 0.3) is 0 Å². The van der Waals surface area contributed by atoms with Gasteiger partial charge in [0.1, 0.15) is 23.7 Å². The van der Waals surface area contributed by atoms with E-state index in [1.807, 2.05) is 87.4 Å². The number of β-amino-alcohol motifs (C(OH)–C–C–N with tert-alkyl or cyclic N) is 1. The van der Waals surface area contributed by atoms with Crippen LogP contribution in [0.25, 0.3) is 11.9 Å². The standard InChI is InChI=1S/C37H40FN5O5S/c1-48-31-12-10-30(11-13-31)43-19-14-28-23-40(26-39-35(28)43)25-37(45)16-20-41(21-17-37)36(44)33-15-18-42(24-34(33)27-6-3-2-4-7-27)49(46,47)32-9-5-8-29(38)22-32/h2-14,19,22-23,33-34,45H,15-18,20-21,24-26H2,1H3/t33-,34+/m1/s1. The Hall–Kier alpha value is -4.52. The highest BCUT2D eigenvalue weighted by atomic mass is 32.2. The van der Waals surface area contributed by atoms with Gasteiger partial charge < -0.3 is 24.2 Å². The number of hydrogen-bond donors (Lipinski definition) is 1. The summed E-state index contributed by atoms with van der Waals surface area (Å²) < 4.78 is 49.6. The molecule has 0 spiro atoms. The number of benzene rings is 3. The zero-order chi connectivity index (χ0) is 34.2. The molecule has 10 nitrogen and oxygen atoms in total. The van der Waals surface area contributed by atoms with Gasteiger partial charge in [0.2, 0.25) is 15.9 Å². The number of fused-ring (bicyclic) bond motifs is 1. The number of aliphatic hydroxyl groups is 1. The quantitative estimate of drug-likeness (QED) is 0.306. The second kappa shape index (κ2) is 13.4. The average molecular weight is 686 g/mol. The first-order valence-electron chi connectivity index (χ1n) is 16.6. The van der Waals surface area contributed by atoms with Crippen molar-refractivity contribution in [3.63, 3.8) is 0 Å². The number of methoxy groups -OCH3 is 1. The number of hydrogen-bond acceptors (Lipinski definition) is 7. The summed E-state index contributed by atoms with van der Waals surface area (Å²) in [6, 6.07) is 24.4. The number of aromatic nitrogens is 1. The topological polar surface area (TPSA) is 108 Å². The molecule has 1 N–H and O–H groups in total. The van der Waals surface area contributed by atoms with Crippen molar-refractivity contribution in [2.75, 3.05) is 46.5 Å². The number of likely N-dealkylation sites (tertiary alicyclic amines) is 1. The number of nitrogens with zero attached hydrogens (tertiary/aromatic N) is 5. The van der Waals surface area contributed by atoms with Crippen LogP contribution < -0.4 is 15.4 Å². The van der Waals surface area contributed by atoms with Crippen LogP contribution in [0.1, 0.15) is 30.7 Å². The van der Waals surface area contributed by atoms with Crippen LogP contribution in [-0.2, 0) is 14.8 Å². The van der Waals surface area contributed by atoms with Crippen molar-refractivity contribution in [3.8, 4) is 11.4 Å². The van der Waals surface area contributed by atoms with Gasteiger partial charge in [0.15, 0.2) is 0 Å². The van der Waals surface area contributed by atoms with E-state index < -0.39 is 27.4 Å². The van der Waals surface area contributed by atoms with E-state index in [9.17, 15) is 22.7 Å². The zero-order valence-corrected chi connectivity index (χ0v) is 28.2. The fraction of sp³-hybridized carbons (Fsp3) is 0.351. The second-order valence-corrected chi connectivity index (χ2v) is 15.1. The minimum Gasteiger partial charge on any atom is -0.497 e. The third-order valence-electron chi connectivity index (χ3n) is 10.0. The number of ether oxygens (including phenoxy) is 1. The third kappa shape index (κ3) is 6.72. The van der Waals surface area contributed by atoms with Gasteiger partial charge in [-0.25, -0.2) is 17.8 Å². The Labute approximate surface area is 285 Å². The summed E-state index contributed by atoms with van der Waals surface area (Å²) in [7, 11) is -2.31. The SMILES string of the molecule is COc1ccc(-n2ccc3c2=NCN(CC2(O)CCN(C(=O)[C@@H]4CCN(S(=O)(=O)c5cccc(F)c5)C[C@H]4c4ccccc4)CC2)C=3)cc1. The van der Waals surface area contributed by atoms with Crippen molar-refractivity contribution >= 4 is 22.1 Å². The van der Waals surface area contributed by atoms with E-state index in [1.165, 1.54) is 22.5 Å². The van der Waals surface area contributed by atoms with Crippen LogP contribution >= 0.6 is 0 Å². The predicted molar refractivity (Wildman–Crippen MR) is 182 cm³/mol. The lowest BCUT2D eigenvalue weighted by Gasteiger charge is -2.44. The minimum atomic E-state index is -3.95. The van der Waals surface area contributed by atoms with E-state index in [1.54, 1.807) is 7.11 Å². The number of carbonyl (C=O) groups excluding carboxylic acids is 1. The van der Waals surface area contributed by atoms with Gasteiger partial charge in [-0.15, -0.1) is 0 Å². The Morgan fingerprint density at radius 3 is 2.47 bits per heavy atom. The monoisotopic (exact) mass is 685 g/mol. The van der Waals surface area contributed by atoms with Crippen LogP contribution in [0.4, 0.5) is 4.39 Å². The van der Waals surface area contributed by atoms with Gasteiger partial charge in [-0.2, -0.15) is 4.31 Å². The van der Waals surface area contributed by atoms with E-state index >= 15 is 0 Å². The fourth-order valence-electron chi connectivity index (χ4n) is 7.31. The van der Waals surface area contributed by atoms with Crippen LogP contribution in [0.5, 0.6) is 5.75 Å². The molecule has 4 aromatic rings. The minimum absolute atomic E-state index is 0.0252. The van der Waals surface area contributed by atoms with Crippen molar-refractivity contribution < 1.29 is 27.4 Å². The van der Waals surface area contributed by atoms with Crippen LogP contribution in [0.3, 0.4) is 0 Å². The van der Waals surface area contributed by atoms with Gasteiger partial charge in [0, 0.05) is 67.9 Å².